The summed E-state index contributed by atoms with van der Waals surface area (Å²) in [7, 11) is 0. The van der Waals surface area contributed by atoms with Crippen LogP contribution in [0.5, 0.6) is 0 Å². The van der Waals surface area contributed by atoms with Crippen LogP contribution in [-0.2, 0) is 19.0 Å². The highest BCUT2D eigenvalue weighted by Crippen LogP contribution is 2.44. The molecule has 1 N–H and O–H groups in total. The van der Waals surface area contributed by atoms with E-state index < -0.39 is 11.7 Å². The summed E-state index contributed by atoms with van der Waals surface area (Å²) in [5.74, 6) is 0.620. The summed E-state index contributed by atoms with van der Waals surface area (Å²) in [6.07, 6.45) is 2.77. The topological polar surface area (TPSA) is 65.0 Å². The second-order valence-corrected chi connectivity index (χ2v) is 8.65. The van der Waals surface area contributed by atoms with E-state index in [4.69, 9.17) is 14.2 Å². The number of aliphatic hydroxyl groups excluding tert-OH is 1. The molecule has 0 amide bonds. The Kier molecular flexibility index (Phi) is 6.32. The zero-order valence-electron chi connectivity index (χ0n) is 16.0. The number of carbonyl (C=O) groups excluding carboxylic acids is 1. The van der Waals surface area contributed by atoms with Crippen molar-refractivity contribution in [3.05, 3.63) is 0 Å². The highest BCUT2D eigenvalue weighted by atomic mass is 16.7. The van der Waals surface area contributed by atoms with E-state index in [0.29, 0.717) is 12.3 Å². The minimum atomic E-state index is -0.406. The average molecular weight is 342 g/mol. The maximum absolute atomic E-state index is 12.0. The molecule has 5 nitrogen and oxygen atoms in total. The number of carbonyl (C=O) groups is 1. The van der Waals surface area contributed by atoms with Crippen LogP contribution < -0.4 is 0 Å². The zero-order chi connectivity index (χ0) is 18.1. The predicted molar refractivity (Wildman–Crippen MR) is 91.3 cm³/mol. The Bertz CT molecular complexity index is 430. The van der Waals surface area contributed by atoms with Gasteiger partial charge in [-0.25, -0.2) is 0 Å². The Hall–Kier alpha value is -0.650. The van der Waals surface area contributed by atoms with Gasteiger partial charge in [-0.2, -0.15) is 0 Å². The molecule has 140 valence electrons. The number of ether oxygens (including phenoxy) is 3. The molecule has 0 radical (unpaired) electrons. The van der Waals surface area contributed by atoms with Crippen molar-refractivity contribution in [2.24, 2.45) is 17.8 Å². The Balaban J connectivity index is 1.67. The second kappa shape index (κ2) is 7.71. The van der Waals surface area contributed by atoms with Gasteiger partial charge in [0, 0.05) is 5.92 Å². The maximum Gasteiger partial charge on any atom is 0.309 e. The van der Waals surface area contributed by atoms with Crippen molar-refractivity contribution in [3.8, 4) is 0 Å². The molecule has 2 aliphatic rings. The number of rotatable bonds is 6. The van der Waals surface area contributed by atoms with E-state index in [1.807, 2.05) is 34.6 Å². The molecular formula is C19H34O5. The summed E-state index contributed by atoms with van der Waals surface area (Å²) in [4.78, 5) is 12.0. The first-order valence-electron chi connectivity index (χ1n) is 9.28. The zero-order valence-corrected chi connectivity index (χ0v) is 16.0. The summed E-state index contributed by atoms with van der Waals surface area (Å²) in [5.41, 5.74) is -0.406. The molecule has 0 spiro atoms. The molecule has 0 aromatic rings. The van der Waals surface area contributed by atoms with E-state index >= 15 is 0 Å². The normalized spacial score (nSPS) is 37.8. The summed E-state index contributed by atoms with van der Waals surface area (Å²) in [6.45, 7) is 11.7. The number of hydrogen-bond acceptors (Lipinski definition) is 5. The highest BCUT2D eigenvalue weighted by Gasteiger charge is 2.45. The first kappa shape index (κ1) is 19.7. The van der Waals surface area contributed by atoms with E-state index in [1.54, 1.807) is 0 Å². The predicted octanol–water partition coefficient (Wildman–Crippen LogP) is 3.28. The Morgan fingerprint density at radius 3 is 2.58 bits per heavy atom. The molecule has 0 aromatic carbocycles. The van der Waals surface area contributed by atoms with Crippen molar-refractivity contribution in [1.82, 2.24) is 0 Å². The van der Waals surface area contributed by atoms with Gasteiger partial charge in [-0.3, -0.25) is 4.79 Å². The first-order chi connectivity index (χ1) is 11.1. The van der Waals surface area contributed by atoms with Crippen molar-refractivity contribution in [2.45, 2.75) is 97.4 Å². The van der Waals surface area contributed by atoms with Crippen molar-refractivity contribution in [1.29, 1.82) is 0 Å². The molecule has 5 heteroatoms. The van der Waals surface area contributed by atoms with Gasteiger partial charge in [-0.1, -0.05) is 6.92 Å². The van der Waals surface area contributed by atoms with Crippen molar-refractivity contribution < 1.29 is 24.1 Å². The van der Waals surface area contributed by atoms with Gasteiger partial charge in [-0.15, -0.1) is 0 Å². The monoisotopic (exact) mass is 342 g/mol. The molecular weight excluding hydrogens is 308 g/mol. The molecule has 0 aromatic heterocycles. The second-order valence-electron chi connectivity index (χ2n) is 8.65. The third kappa shape index (κ3) is 5.71. The van der Waals surface area contributed by atoms with Gasteiger partial charge < -0.3 is 19.3 Å². The van der Waals surface area contributed by atoms with E-state index in [9.17, 15) is 9.90 Å². The molecule has 2 fully saturated rings. The van der Waals surface area contributed by atoms with Crippen LogP contribution in [0, 0.1) is 17.8 Å². The van der Waals surface area contributed by atoms with Gasteiger partial charge in [0.05, 0.1) is 24.2 Å². The summed E-state index contributed by atoms with van der Waals surface area (Å²) in [5, 5.41) is 9.82. The molecule has 1 aliphatic heterocycles. The lowest BCUT2D eigenvalue weighted by atomic mass is 9.96. The van der Waals surface area contributed by atoms with Crippen LogP contribution in [0.1, 0.15) is 67.2 Å². The Labute approximate surface area is 146 Å². The smallest absolute Gasteiger partial charge is 0.309 e. The van der Waals surface area contributed by atoms with Crippen molar-refractivity contribution in [2.75, 3.05) is 0 Å². The quantitative estimate of drug-likeness (QED) is 0.751. The fraction of sp³-hybridized carbons (Fsp3) is 0.947. The van der Waals surface area contributed by atoms with Crippen molar-refractivity contribution >= 4 is 5.97 Å². The van der Waals surface area contributed by atoms with Gasteiger partial charge in [0.2, 0.25) is 0 Å². The van der Waals surface area contributed by atoms with E-state index in [1.165, 1.54) is 0 Å². The number of hydrogen-bond donors (Lipinski definition) is 1. The number of aliphatic hydroxyl groups is 1. The average Bonchev–Trinajstić information content (AvgIpc) is 3.20. The fourth-order valence-corrected chi connectivity index (χ4v) is 3.26. The molecule has 1 saturated heterocycles. The molecule has 3 unspecified atom stereocenters. The van der Waals surface area contributed by atoms with Gasteiger partial charge in [0.1, 0.15) is 5.60 Å². The molecule has 1 saturated carbocycles. The van der Waals surface area contributed by atoms with Gasteiger partial charge in [-0.05, 0) is 66.2 Å². The van der Waals surface area contributed by atoms with Crippen LogP contribution in [0.3, 0.4) is 0 Å². The summed E-state index contributed by atoms with van der Waals surface area (Å²) < 4.78 is 17.2. The third-order valence-electron chi connectivity index (χ3n) is 4.91. The molecule has 1 heterocycles. The van der Waals surface area contributed by atoms with Gasteiger partial charge in [0.25, 0.3) is 0 Å². The van der Waals surface area contributed by atoms with Crippen LogP contribution >= 0.6 is 0 Å². The van der Waals surface area contributed by atoms with Crippen LogP contribution in [-0.4, -0.2) is 41.3 Å². The minimum absolute atomic E-state index is 0.0619. The molecule has 0 bridgehead atoms. The minimum Gasteiger partial charge on any atom is -0.460 e. The van der Waals surface area contributed by atoms with Crippen LogP contribution in [0.25, 0.3) is 0 Å². The third-order valence-corrected chi connectivity index (χ3v) is 4.91. The Morgan fingerprint density at radius 1 is 1.29 bits per heavy atom. The SMILES string of the molecule is C[C@H](CCC1CC1C(=O)OC(C)(C)C)OC1O[C@@H](C)[C@H](O)C[C@H]1C. The van der Waals surface area contributed by atoms with Gasteiger partial charge >= 0.3 is 5.97 Å². The van der Waals surface area contributed by atoms with Crippen LogP contribution in [0.15, 0.2) is 0 Å². The van der Waals surface area contributed by atoms with Crippen LogP contribution in [0.2, 0.25) is 0 Å². The molecule has 1 aliphatic carbocycles. The number of esters is 1. The molecule has 2 rings (SSSR count). The Morgan fingerprint density at radius 2 is 1.96 bits per heavy atom. The maximum atomic E-state index is 12.0. The fourth-order valence-electron chi connectivity index (χ4n) is 3.26. The van der Waals surface area contributed by atoms with Crippen LogP contribution in [0.4, 0.5) is 0 Å². The van der Waals surface area contributed by atoms with E-state index in [0.717, 1.165) is 19.3 Å². The lowest BCUT2D eigenvalue weighted by molar-refractivity contribution is -0.255. The highest BCUT2D eigenvalue weighted by molar-refractivity contribution is 5.76. The standard InChI is InChI=1S/C19H34O5/c1-11-9-16(20)13(3)23-18(11)22-12(2)7-8-14-10-15(14)17(21)24-19(4,5)6/h11-16,18,20H,7-10H2,1-6H3/t11-,12-,13+,14?,15?,16-,18?/m1/s1. The summed E-state index contributed by atoms with van der Waals surface area (Å²) >= 11 is 0. The summed E-state index contributed by atoms with van der Waals surface area (Å²) in [6, 6.07) is 0. The lowest BCUT2D eigenvalue weighted by Crippen LogP contribution is -2.44. The molecule has 7 atom stereocenters. The van der Waals surface area contributed by atoms with Crippen molar-refractivity contribution in [3.63, 3.8) is 0 Å². The molecule has 24 heavy (non-hydrogen) atoms. The largest absolute Gasteiger partial charge is 0.460 e. The first-order valence-corrected chi connectivity index (χ1v) is 9.28. The van der Waals surface area contributed by atoms with Gasteiger partial charge in [0.15, 0.2) is 6.29 Å². The lowest BCUT2D eigenvalue weighted by Gasteiger charge is -2.37. The van der Waals surface area contributed by atoms with E-state index in [-0.39, 0.29) is 36.3 Å². The van der Waals surface area contributed by atoms with E-state index in [2.05, 4.69) is 6.92 Å².